The van der Waals surface area contributed by atoms with Crippen molar-refractivity contribution >= 4 is 22.0 Å². The Morgan fingerprint density at radius 3 is 2.48 bits per heavy atom. The highest BCUT2D eigenvalue weighted by Crippen LogP contribution is 2.33. The quantitative estimate of drug-likeness (QED) is 0.635. The van der Waals surface area contributed by atoms with E-state index in [1.807, 2.05) is 20.8 Å². The van der Waals surface area contributed by atoms with Gasteiger partial charge < -0.3 is 19.5 Å². The second-order valence-electron chi connectivity index (χ2n) is 7.75. The van der Waals surface area contributed by atoms with Crippen molar-refractivity contribution in [2.45, 2.75) is 51.6 Å². The molecule has 2 rings (SSSR count). The van der Waals surface area contributed by atoms with Crippen LogP contribution < -0.4 is 14.8 Å². The van der Waals surface area contributed by atoms with Gasteiger partial charge in [-0.3, -0.25) is 4.90 Å². The molecule has 1 saturated heterocycles. The van der Waals surface area contributed by atoms with Crippen LogP contribution in [0.25, 0.3) is 0 Å². The number of carbonyl (C=O) groups is 1. The van der Waals surface area contributed by atoms with Gasteiger partial charge in [-0.05, 0) is 61.7 Å². The summed E-state index contributed by atoms with van der Waals surface area (Å²) in [4.78, 5) is 14.0. The zero-order valence-electron chi connectivity index (χ0n) is 16.6. The van der Waals surface area contributed by atoms with Gasteiger partial charge >= 0.3 is 12.5 Å². The molecule has 6 nitrogen and oxygen atoms in total. The van der Waals surface area contributed by atoms with Crippen LogP contribution in [0.15, 0.2) is 22.7 Å². The Morgan fingerprint density at radius 1 is 1.24 bits per heavy atom. The summed E-state index contributed by atoms with van der Waals surface area (Å²) in [5.41, 5.74) is -0.528. The Morgan fingerprint density at radius 2 is 1.90 bits per heavy atom. The van der Waals surface area contributed by atoms with E-state index in [4.69, 9.17) is 9.47 Å². The van der Waals surface area contributed by atoms with Crippen molar-refractivity contribution in [2.24, 2.45) is 0 Å². The first-order valence-corrected chi connectivity index (χ1v) is 10.1. The molecule has 0 saturated carbocycles. The Hall–Kier alpha value is -1.68. The molecule has 0 unspecified atom stereocenters. The minimum atomic E-state index is -4.77. The molecule has 1 amide bonds. The van der Waals surface area contributed by atoms with Crippen molar-refractivity contribution in [3.63, 3.8) is 0 Å². The van der Waals surface area contributed by atoms with Crippen LogP contribution in [0.2, 0.25) is 0 Å². The van der Waals surface area contributed by atoms with E-state index in [-0.39, 0.29) is 16.3 Å². The summed E-state index contributed by atoms with van der Waals surface area (Å²) in [7, 11) is 0. The molecular formula is C19H26BrF3N2O4. The fourth-order valence-corrected chi connectivity index (χ4v) is 3.17. The maximum absolute atomic E-state index is 12.4. The normalized spacial score (nSPS) is 16.4. The molecule has 0 aromatic heterocycles. The maximum Gasteiger partial charge on any atom is 0.573 e. The van der Waals surface area contributed by atoms with Gasteiger partial charge in [-0.15, -0.1) is 13.2 Å². The first kappa shape index (κ1) is 23.6. The lowest BCUT2D eigenvalue weighted by Gasteiger charge is -2.32. The van der Waals surface area contributed by atoms with Gasteiger partial charge in [0.25, 0.3) is 0 Å². The molecule has 0 aliphatic carbocycles. The van der Waals surface area contributed by atoms with Crippen LogP contribution in [0.4, 0.5) is 18.0 Å². The summed E-state index contributed by atoms with van der Waals surface area (Å²) in [6.07, 6.45) is -3.59. The SMILES string of the molecule is CC(C)(C)OC(=O)NC1CCN(CCOc2ccc(Br)c(OC(F)(F)F)c2)CC1. The highest BCUT2D eigenvalue weighted by molar-refractivity contribution is 9.10. The molecule has 1 aliphatic heterocycles. The minimum absolute atomic E-state index is 0.0653. The lowest BCUT2D eigenvalue weighted by Crippen LogP contribution is -2.46. The van der Waals surface area contributed by atoms with E-state index in [2.05, 4.69) is 30.9 Å². The molecule has 0 atom stereocenters. The van der Waals surface area contributed by atoms with Gasteiger partial charge in [0.1, 0.15) is 23.7 Å². The van der Waals surface area contributed by atoms with E-state index >= 15 is 0 Å². The molecule has 0 spiro atoms. The first-order valence-electron chi connectivity index (χ1n) is 9.31. The summed E-state index contributed by atoms with van der Waals surface area (Å²) in [6, 6.07) is 4.29. The topological polar surface area (TPSA) is 60.0 Å². The number of halogens is 4. The van der Waals surface area contributed by atoms with E-state index < -0.39 is 18.1 Å². The summed E-state index contributed by atoms with van der Waals surface area (Å²) < 4.78 is 52.2. The van der Waals surface area contributed by atoms with Crippen LogP contribution in [-0.4, -0.2) is 55.2 Å². The predicted octanol–water partition coefficient (Wildman–Crippen LogP) is 4.72. The Labute approximate surface area is 176 Å². The van der Waals surface area contributed by atoms with Gasteiger partial charge in [-0.1, -0.05) is 0 Å². The number of nitrogens with zero attached hydrogens (tertiary/aromatic N) is 1. The molecule has 164 valence electrons. The third kappa shape index (κ3) is 9.12. The standard InChI is InChI=1S/C19H26BrF3N2O4/c1-18(2,3)29-17(26)24-13-6-8-25(9-7-13)10-11-27-14-4-5-15(20)16(12-14)28-19(21,22)23/h4-5,12-13H,6-11H2,1-3H3,(H,24,26). The molecule has 0 radical (unpaired) electrons. The second-order valence-corrected chi connectivity index (χ2v) is 8.60. The van der Waals surface area contributed by atoms with E-state index in [0.29, 0.717) is 18.9 Å². The van der Waals surface area contributed by atoms with Crippen LogP contribution in [0.5, 0.6) is 11.5 Å². The van der Waals surface area contributed by atoms with Crippen LogP contribution in [0.3, 0.4) is 0 Å². The monoisotopic (exact) mass is 482 g/mol. The fourth-order valence-electron chi connectivity index (χ4n) is 2.84. The van der Waals surface area contributed by atoms with Gasteiger partial charge in [0, 0.05) is 31.7 Å². The van der Waals surface area contributed by atoms with E-state index in [1.54, 1.807) is 6.07 Å². The maximum atomic E-state index is 12.4. The average molecular weight is 483 g/mol. The summed E-state index contributed by atoms with van der Waals surface area (Å²) in [5, 5.41) is 2.88. The lowest BCUT2D eigenvalue weighted by atomic mass is 10.1. The molecular weight excluding hydrogens is 457 g/mol. The van der Waals surface area contributed by atoms with Crippen molar-refractivity contribution in [1.82, 2.24) is 10.2 Å². The number of alkyl halides is 3. The Bertz CT molecular complexity index is 687. The number of likely N-dealkylation sites (tertiary alicyclic amines) is 1. The largest absolute Gasteiger partial charge is 0.573 e. The van der Waals surface area contributed by atoms with Crippen molar-refractivity contribution in [2.75, 3.05) is 26.2 Å². The van der Waals surface area contributed by atoms with Gasteiger partial charge in [-0.25, -0.2) is 4.79 Å². The fraction of sp³-hybridized carbons (Fsp3) is 0.632. The number of nitrogens with one attached hydrogen (secondary N) is 1. The molecule has 0 bridgehead atoms. The van der Waals surface area contributed by atoms with Crippen molar-refractivity contribution < 1.29 is 32.2 Å². The number of amides is 1. The zero-order valence-corrected chi connectivity index (χ0v) is 18.2. The highest BCUT2D eigenvalue weighted by Gasteiger charge is 2.32. The molecule has 1 fully saturated rings. The van der Waals surface area contributed by atoms with Crippen LogP contribution in [-0.2, 0) is 4.74 Å². The van der Waals surface area contributed by atoms with E-state index in [9.17, 15) is 18.0 Å². The third-order valence-corrected chi connectivity index (χ3v) is 4.77. The van der Waals surface area contributed by atoms with E-state index in [1.165, 1.54) is 12.1 Å². The zero-order chi connectivity index (χ0) is 21.7. The second kappa shape index (κ2) is 9.88. The van der Waals surface area contributed by atoms with Gasteiger partial charge in [0.15, 0.2) is 0 Å². The first-order chi connectivity index (χ1) is 13.4. The molecule has 10 heteroatoms. The molecule has 1 N–H and O–H groups in total. The average Bonchev–Trinajstić information content (AvgIpc) is 2.56. The number of benzene rings is 1. The van der Waals surface area contributed by atoms with Gasteiger partial charge in [-0.2, -0.15) is 0 Å². The summed E-state index contributed by atoms with van der Waals surface area (Å²) in [6.45, 7) is 7.98. The lowest BCUT2D eigenvalue weighted by molar-refractivity contribution is -0.274. The summed E-state index contributed by atoms with van der Waals surface area (Å²) in [5.74, 6) is -0.0436. The Balaban J connectivity index is 1.72. The van der Waals surface area contributed by atoms with Crippen molar-refractivity contribution in [3.8, 4) is 11.5 Å². The van der Waals surface area contributed by atoms with Gasteiger partial charge in [0.2, 0.25) is 0 Å². The molecule has 1 heterocycles. The number of hydrogen-bond donors (Lipinski definition) is 1. The summed E-state index contributed by atoms with van der Waals surface area (Å²) >= 11 is 3.02. The Kier molecular flexibility index (Phi) is 8.04. The number of piperidine rings is 1. The molecule has 29 heavy (non-hydrogen) atoms. The molecule has 1 aromatic carbocycles. The number of ether oxygens (including phenoxy) is 3. The van der Waals surface area contributed by atoms with Crippen molar-refractivity contribution in [1.29, 1.82) is 0 Å². The van der Waals surface area contributed by atoms with Crippen LogP contribution >= 0.6 is 15.9 Å². The number of carbonyl (C=O) groups excluding carboxylic acids is 1. The van der Waals surface area contributed by atoms with Crippen LogP contribution in [0.1, 0.15) is 33.6 Å². The highest BCUT2D eigenvalue weighted by atomic mass is 79.9. The number of rotatable bonds is 6. The predicted molar refractivity (Wildman–Crippen MR) is 105 cm³/mol. The van der Waals surface area contributed by atoms with Crippen molar-refractivity contribution in [3.05, 3.63) is 22.7 Å². The number of alkyl carbamates (subject to hydrolysis) is 1. The molecule has 1 aliphatic rings. The number of hydrogen-bond acceptors (Lipinski definition) is 5. The van der Waals surface area contributed by atoms with Crippen LogP contribution in [0, 0.1) is 0 Å². The third-order valence-electron chi connectivity index (χ3n) is 4.11. The smallest absolute Gasteiger partial charge is 0.492 e. The molecule has 1 aromatic rings. The van der Waals surface area contributed by atoms with Gasteiger partial charge in [0.05, 0.1) is 4.47 Å². The minimum Gasteiger partial charge on any atom is -0.492 e. The van der Waals surface area contributed by atoms with E-state index in [0.717, 1.165) is 25.9 Å².